The molecule has 1 amide bonds. The highest BCUT2D eigenvalue weighted by atomic mass is 32.2. The molecule has 1 N–H and O–H groups in total. The third-order valence-electron chi connectivity index (χ3n) is 2.55. The average Bonchev–Trinajstić information content (AvgIpc) is 2.33. The van der Waals surface area contributed by atoms with Crippen LogP contribution < -0.4 is 5.32 Å². The van der Waals surface area contributed by atoms with Crippen LogP contribution in [-0.4, -0.2) is 39.7 Å². The van der Waals surface area contributed by atoms with Crippen LogP contribution in [0.2, 0.25) is 0 Å². The first-order valence-electron chi connectivity index (χ1n) is 6.14. The van der Waals surface area contributed by atoms with E-state index >= 15 is 0 Å². The molecule has 114 valence electrons. The number of unbranched alkanes of at least 4 members (excludes halogenated alkanes) is 4. The number of halogens is 2. The molecule has 5 nitrogen and oxygen atoms in total. The maximum Gasteiger partial charge on any atom is 0.360 e. The van der Waals surface area contributed by atoms with Gasteiger partial charge in [0.1, 0.15) is 0 Å². The second kappa shape index (κ2) is 9.33. The lowest BCUT2D eigenvalue weighted by atomic mass is 10.1. The maximum absolute atomic E-state index is 13.4. The molecule has 8 heteroatoms. The minimum Gasteiger partial charge on any atom is -0.770 e. The molecular weight excluding hydrogens is 280 g/mol. The fraction of sp³-hybridized carbons (Fsp3) is 0.909. The van der Waals surface area contributed by atoms with E-state index in [-0.39, 0.29) is 6.54 Å². The van der Waals surface area contributed by atoms with Crippen LogP contribution in [-0.2, 0) is 20.6 Å². The summed E-state index contributed by atoms with van der Waals surface area (Å²) < 4.78 is 52.1. The van der Waals surface area contributed by atoms with Gasteiger partial charge >= 0.3 is 5.92 Å². The molecule has 0 saturated carbocycles. The first-order chi connectivity index (χ1) is 8.87. The first-order valence-corrected chi connectivity index (χ1v) is 7.28. The van der Waals surface area contributed by atoms with Crippen molar-refractivity contribution in [2.45, 2.75) is 50.4 Å². The molecule has 0 aromatic rings. The highest BCUT2D eigenvalue weighted by molar-refractivity contribution is 7.79. The zero-order valence-electron chi connectivity index (χ0n) is 11.1. The molecule has 0 aliphatic rings. The van der Waals surface area contributed by atoms with E-state index in [4.69, 9.17) is 0 Å². The van der Waals surface area contributed by atoms with Crippen LogP contribution in [0.4, 0.5) is 8.78 Å². The monoisotopic (exact) mass is 300 g/mol. The molecule has 0 radical (unpaired) electrons. The molecule has 0 spiro atoms. The van der Waals surface area contributed by atoms with Gasteiger partial charge in [-0.3, -0.25) is 9.00 Å². The van der Waals surface area contributed by atoms with Crippen LogP contribution in [0.5, 0.6) is 0 Å². The fourth-order valence-electron chi connectivity index (χ4n) is 1.50. The van der Waals surface area contributed by atoms with Gasteiger partial charge in [0.25, 0.3) is 5.91 Å². The Kier molecular flexibility index (Phi) is 9.03. The summed E-state index contributed by atoms with van der Waals surface area (Å²) in [7, 11) is 0.812. The quantitative estimate of drug-likeness (QED) is 0.490. The molecule has 0 aliphatic carbocycles. The van der Waals surface area contributed by atoms with Crippen molar-refractivity contribution in [1.29, 1.82) is 0 Å². The van der Waals surface area contributed by atoms with Crippen LogP contribution in [0.3, 0.4) is 0 Å². The van der Waals surface area contributed by atoms with Gasteiger partial charge in [0.2, 0.25) is 0 Å². The zero-order chi connectivity index (χ0) is 14.9. The number of hydrogen-bond donors (Lipinski definition) is 1. The highest BCUT2D eigenvalue weighted by Gasteiger charge is 2.48. The summed E-state index contributed by atoms with van der Waals surface area (Å²) in [5.74, 6) is -5.72. The maximum atomic E-state index is 13.4. The third kappa shape index (κ3) is 6.40. The fourth-order valence-corrected chi connectivity index (χ4v) is 2.01. The Labute approximate surface area is 114 Å². The molecule has 0 heterocycles. The lowest BCUT2D eigenvalue weighted by Gasteiger charge is -2.26. The minimum absolute atomic E-state index is 0.0973. The van der Waals surface area contributed by atoms with Crippen molar-refractivity contribution in [1.82, 2.24) is 5.32 Å². The van der Waals surface area contributed by atoms with E-state index in [0.29, 0.717) is 6.42 Å². The Balaban J connectivity index is 4.14. The molecule has 19 heavy (non-hydrogen) atoms. The highest BCUT2D eigenvalue weighted by Crippen LogP contribution is 2.23. The van der Waals surface area contributed by atoms with Gasteiger partial charge in [0, 0.05) is 13.7 Å². The third-order valence-corrected chi connectivity index (χ3v) is 3.39. The topological polar surface area (TPSA) is 78.5 Å². The summed E-state index contributed by atoms with van der Waals surface area (Å²) >= 11 is -3.19. The van der Waals surface area contributed by atoms with E-state index in [1.165, 1.54) is 0 Å². The first kappa shape index (κ1) is 18.4. The lowest BCUT2D eigenvalue weighted by molar-refractivity contribution is -0.157. The van der Waals surface area contributed by atoms with Crippen molar-refractivity contribution in [3.63, 3.8) is 0 Å². The number of carbonyl (C=O) groups excluding carboxylic acids is 1. The molecule has 2 unspecified atom stereocenters. The van der Waals surface area contributed by atoms with Crippen LogP contribution in [0.1, 0.15) is 39.0 Å². The molecule has 2 atom stereocenters. The minimum atomic E-state index is -4.09. The Morgan fingerprint density at radius 3 is 2.42 bits per heavy atom. The summed E-state index contributed by atoms with van der Waals surface area (Å²) in [5, 5.41) is 2.03. The van der Waals surface area contributed by atoms with Crippen LogP contribution in [0.15, 0.2) is 0 Å². The van der Waals surface area contributed by atoms with Gasteiger partial charge in [-0.2, -0.15) is 8.78 Å². The van der Waals surface area contributed by atoms with Gasteiger partial charge in [0.05, 0.1) is 0 Å². The van der Waals surface area contributed by atoms with Crippen LogP contribution in [0.25, 0.3) is 0 Å². The largest absolute Gasteiger partial charge is 0.770 e. The van der Waals surface area contributed by atoms with Crippen molar-refractivity contribution >= 4 is 17.0 Å². The van der Waals surface area contributed by atoms with Gasteiger partial charge in [-0.15, -0.1) is 0 Å². The predicted octanol–water partition coefficient (Wildman–Crippen LogP) is 1.56. The number of nitrogens with one attached hydrogen (secondary N) is 1. The van der Waals surface area contributed by atoms with Crippen molar-refractivity contribution < 1.29 is 27.1 Å². The number of hydrogen-bond acceptors (Lipinski definition) is 4. The van der Waals surface area contributed by atoms with E-state index < -0.39 is 28.3 Å². The molecular formula is C11H20F2NO4S-. The Morgan fingerprint density at radius 2 is 1.95 bits per heavy atom. The normalized spacial score (nSPS) is 15.0. The Morgan fingerprint density at radius 1 is 1.37 bits per heavy atom. The van der Waals surface area contributed by atoms with Crippen molar-refractivity contribution in [2.24, 2.45) is 0 Å². The Bertz CT molecular complexity index is 302. The van der Waals surface area contributed by atoms with E-state index in [1.807, 2.05) is 5.32 Å². The SMILES string of the molecule is CCCCCCCNC(=O)C(F)(F)C(OC)S(=O)[O-]. The summed E-state index contributed by atoms with van der Waals surface area (Å²) in [4.78, 5) is 11.2. The molecule has 0 fully saturated rings. The van der Waals surface area contributed by atoms with Crippen LogP contribution >= 0.6 is 0 Å². The van der Waals surface area contributed by atoms with Gasteiger partial charge < -0.3 is 14.6 Å². The number of carbonyl (C=O) groups is 1. The number of rotatable bonds is 10. The molecule has 0 aliphatic heterocycles. The van der Waals surface area contributed by atoms with Gasteiger partial charge in [0.15, 0.2) is 5.44 Å². The number of ether oxygens (including phenoxy) is 1. The van der Waals surface area contributed by atoms with Crippen molar-refractivity contribution in [3.8, 4) is 0 Å². The zero-order valence-corrected chi connectivity index (χ0v) is 11.9. The molecule has 0 aromatic carbocycles. The van der Waals surface area contributed by atoms with Crippen molar-refractivity contribution in [3.05, 3.63) is 0 Å². The summed E-state index contributed by atoms with van der Waals surface area (Å²) in [6.45, 7) is 2.15. The molecule has 0 rings (SSSR count). The summed E-state index contributed by atoms with van der Waals surface area (Å²) in [6.07, 6.45) is 4.52. The van der Waals surface area contributed by atoms with E-state index in [2.05, 4.69) is 11.7 Å². The number of amides is 1. The number of methoxy groups -OCH3 is 1. The smallest absolute Gasteiger partial charge is 0.360 e. The van der Waals surface area contributed by atoms with E-state index in [1.54, 1.807) is 0 Å². The van der Waals surface area contributed by atoms with Crippen molar-refractivity contribution in [2.75, 3.05) is 13.7 Å². The average molecular weight is 300 g/mol. The predicted molar refractivity (Wildman–Crippen MR) is 66.4 cm³/mol. The van der Waals surface area contributed by atoms with E-state index in [9.17, 15) is 22.3 Å². The second-order valence-electron chi connectivity index (χ2n) is 4.12. The van der Waals surface area contributed by atoms with Gasteiger partial charge in [-0.25, -0.2) is 0 Å². The summed E-state index contributed by atoms with van der Waals surface area (Å²) in [6, 6.07) is 0. The molecule has 0 saturated heterocycles. The standard InChI is InChI=1S/C11H21F2NO4S/c1-3-4-5-6-7-8-14-9(15)11(12,13)10(18-2)19(16)17/h10H,3-8H2,1-2H3,(H,14,15)(H,16,17)/p-1. The van der Waals surface area contributed by atoms with Gasteiger partial charge in [-0.05, 0) is 17.5 Å². The molecule has 0 bridgehead atoms. The van der Waals surface area contributed by atoms with Crippen LogP contribution in [0, 0.1) is 0 Å². The number of alkyl halides is 2. The summed E-state index contributed by atoms with van der Waals surface area (Å²) in [5.41, 5.74) is -2.47. The van der Waals surface area contributed by atoms with Gasteiger partial charge in [-0.1, -0.05) is 32.6 Å². The molecule has 0 aromatic heterocycles. The van der Waals surface area contributed by atoms with E-state index in [0.717, 1.165) is 32.8 Å². The second-order valence-corrected chi connectivity index (χ2v) is 5.07. The lowest BCUT2D eigenvalue weighted by Crippen LogP contribution is -2.51. The Hall–Kier alpha value is -0.600.